The standard InChI is InChI=1S/C27H30N4O/c1-18(31-22-7-8-24-21(14-22)16-28-17-27(24,2)3)23-5-4-11-29-26(23)30-15-19-6-9-25-20(13-19)10-12-32-25/h4-9,11,13-14,28,31H,1,10,12,15-17H2,2-3H3,(H,29,30). The van der Waals surface area contributed by atoms with Gasteiger partial charge in [-0.1, -0.05) is 38.6 Å². The van der Waals surface area contributed by atoms with E-state index in [4.69, 9.17) is 4.74 Å². The maximum Gasteiger partial charge on any atom is 0.135 e. The third kappa shape index (κ3) is 4.08. The van der Waals surface area contributed by atoms with Gasteiger partial charge in [-0.25, -0.2) is 4.98 Å². The van der Waals surface area contributed by atoms with E-state index in [0.29, 0.717) is 6.54 Å². The Bertz CT molecular complexity index is 1170. The second-order valence-electron chi connectivity index (χ2n) is 9.26. The van der Waals surface area contributed by atoms with Crippen LogP contribution in [0.25, 0.3) is 5.70 Å². The lowest BCUT2D eigenvalue weighted by Gasteiger charge is -2.33. The zero-order valence-electron chi connectivity index (χ0n) is 18.8. The number of benzene rings is 2. The number of hydrogen-bond acceptors (Lipinski definition) is 5. The highest BCUT2D eigenvalue weighted by molar-refractivity contribution is 5.81. The van der Waals surface area contributed by atoms with Crippen LogP contribution in [0.5, 0.6) is 5.75 Å². The summed E-state index contributed by atoms with van der Waals surface area (Å²) in [6, 6.07) is 17.0. The third-order valence-electron chi connectivity index (χ3n) is 6.36. The van der Waals surface area contributed by atoms with Gasteiger partial charge in [-0.05, 0) is 52.6 Å². The quantitative estimate of drug-likeness (QED) is 0.512. The molecule has 0 fully saturated rings. The first-order valence-electron chi connectivity index (χ1n) is 11.2. The second-order valence-corrected chi connectivity index (χ2v) is 9.26. The average Bonchev–Trinajstić information content (AvgIpc) is 3.25. The molecule has 3 heterocycles. The Morgan fingerprint density at radius 3 is 2.97 bits per heavy atom. The lowest BCUT2D eigenvalue weighted by Crippen LogP contribution is -2.38. The van der Waals surface area contributed by atoms with Crippen molar-refractivity contribution in [1.82, 2.24) is 10.3 Å². The van der Waals surface area contributed by atoms with Gasteiger partial charge in [0.05, 0.1) is 6.61 Å². The highest BCUT2D eigenvalue weighted by Crippen LogP contribution is 2.32. The first-order valence-corrected chi connectivity index (χ1v) is 11.2. The van der Waals surface area contributed by atoms with Gasteiger partial charge in [0.1, 0.15) is 11.6 Å². The van der Waals surface area contributed by atoms with Gasteiger partial charge >= 0.3 is 0 Å². The molecule has 2 aromatic carbocycles. The Morgan fingerprint density at radius 2 is 2.06 bits per heavy atom. The van der Waals surface area contributed by atoms with E-state index in [0.717, 1.165) is 54.6 Å². The normalized spacial score (nSPS) is 15.9. The van der Waals surface area contributed by atoms with Crippen LogP contribution in [0.1, 0.15) is 41.7 Å². The number of fused-ring (bicyclic) bond motifs is 2. The van der Waals surface area contributed by atoms with E-state index in [2.05, 4.69) is 77.8 Å². The number of hydrogen-bond donors (Lipinski definition) is 3. The molecule has 0 bridgehead atoms. The van der Waals surface area contributed by atoms with Gasteiger partial charge in [0.25, 0.3) is 0 Å². The third-order valence-corrected chi connectivity index (χ3v) is 6.36. The summed E-state index contributed by atoms with van der Waals surface area (Å²) >= 11 is 0. The van der Waals surface area contributed by atoms with Crippen LogP contribution in [-0.2, 0) is 24.9 Å². The summed E-state index contributed by atoms with van der Waals surface area (Å²) in [5.74, 6) is 1.83. The summed E-state index contributed by atoms with van der Waals surface area (Å²) in [5.41, 5.74) is 8.23. The number of anilines is 2. The van der Waals surface area contributed by atoms with E-state index < -0.39 is 0 Å². The Balaban J connectivity index is 1.31. The second kappa shape index (κ2) is 8.32. The van der Waals surface area contributed by atoms with Gasteiger partial charge in [-0.3, -0.25) is 0 Å². The predicted octanol–water partition coefficient (Wildman–Crippen LogP) is 5.09. The first kappa shape index (κ1) is 20.6. The Morgan fingerprint density at radius 1 is 1.16 bits per heavy atom. The summed E-state index contributed by atoms with van der Waals surface area (Å²) < 4.78 is 5.61. The molecule has 0 unspecified atom stereocenters. The van der Waals surface area contributed by atoms with Crippen LogP contribution >= 0.6 is 0 Å². The first-order chi connectivity index (χ1) is 15.5. The molecular weight excluding hydrogens is 396 g/mol. The predicted molar refractivity (Wildman–Crippen MR) is 131 cm³/mol. The van der Waals surface area contributed by atoms with Crippen molar-refractivity contribution in [1.29, 1.82) is 0 Å². The SMILES string of the molecule is C=C(Nc1ccc2c(c1)CNCC2(C)C)c1cccnc1NCc1ccc2c(c1)CCO2. The van der Waals surface area contributed by atoms with Crippen molar-refractivity contribution in [2.24, 2.45) is 0 Å². The monoisotopic (exact) mass is 426 g/mol. The molecule has 2 aliphatic heterocycles. The molecule has 0 spiro atoms. The summed E-state index contributed by atoms with van der Waals surface area (Å²) in [6.07, 6.45) is 2.79. The molecule has 5 heteroatoms. The summed E-state index contributed by atoms with van der Waals surface area (Å²) in [7, 11) is 0. The average molecular weight is 427 g/mol. The Hall–Kier alpha value is -3.31. The van der Waals surface area contributed by atoms with E-state index in [1.807, 2.05) is 18.3 Å². The highest BCUT2D eigenvalue weighted by Gasteiger charge is 2.27. The number of aromatic nitrogens is 1. The number of ether oxygens (including phenoxy) is 1. The van der Waals surface area contributed by atoms with E-state index in [1.54, 1.807) is 0 Å². The minimum absolute atomic E-state index is 0.146. The minimum Gasteiger partial charge on any atom is -0.493 e. The lowest BCUT2D eigenvalue weighted by molar-refractivity contribution is 0.357. The molecule has 0 radical (unpaired) electrons. The van der Waals surface area contributed by atoms with Crippen LogP contribution in [0.15, 0.2) is 61.3 Å². The molecule has 3 aromatic rings. The Kier molecular flexibility index (Phi) is 5.35. The van der Waals surface area contributed by atoms with Crippen molar-refractivity contribution >= 4 is 17.2 Å². The lowest BCUT2D eigenvalue weighted by atomic mass is 9.79. The largest absolute Gasteiger partial charge is 0.493 e. The number of pyridine rings is 1. The summed E-state index contributed by atoms with van der Waals surface area (Å²) in [4.78, 5) is 4.57. The smallest absolute Gasteiger partial charge is 0.135 e. The van der Waals surface area contributed by atoms with E-state index in [9.17, 15) is 0 Å². The van der Waals surface area contributed by atoms with Gasteiger partial charge in [0.2, 0.25) is 0 Å². The molecule has 5 nitrogen and oxygen atoms in total. The van der Waals surface area contributed by atoms with Crippen molar-refractivity contribution in [3.05, 3.63) is 89.1 Å². The summed E-state index contributed by atoms with van der Waals surface area (Å²) in [6.45, 7) is 12.2. The molecule has 2 aliphatic rings. The van der Waals surface area contributed by atoms with Crippen LogP contribution in [0.4, 0.5) is 11.5 Å². The maximum absolute atomic E-state index is 5.61. The zero-order chi connectivity index (χ0) is 22.1. The summed E-state index contributed by atoms with van der Waals surface area (Å²) in [5, 5.41) is 10.5. The number of nitrogens with one attached hydrogen (secondary N) is 3. The van der Waals surface area contributed by atoms with Gasteiger partial charge in [-0.15, -0.1) is 0 Å². The van der Waals surface area contributed by atoms with Crippen molar-refractivity contribution in [3.63, 3.8) is 0 Å². The molecule has 32 heavy (non-hydrogen) atoms. The van der Waals surface area contributed by atoms with Gasteiger partial charge in [0, 0.05) is 54.6 Å². The molecule has 1 aromatic heterocycles. The van der Waals surface area contributed by atoms with E-state index >= 15 is 0 Å². The van der Waals surface area contributed by atoms with Crippen LogP contribution in [0.2, 0.25) is 0 Å². The van der Waals surface area contributed by atoms with Crippen molar-refractivity contribution in [2.45, 2.75) is 38.8 Å². The molecule has 0 saturated heterocycles. The molecule has 164 valence electrons. The fraction of sp³-hybridized carbons (Fsp3) is 0.296. The highest BCUT2D eigenvalue weighted by atomic mass is 16.5. The minimum atomic E-state index is 0.146. The van der Waals surface area contributed by atoms with Crippen LogP contribution < -0.4 is 20.7 Å². The van der Waals surface area contributed by atoms with E-state index in [-0.39, 0.29) is 5.41 Å². The zero-order valence-corrected chi connectivity index (χ0v) is 18.8. The maximum atomic E-state index is 5.61. The molecule has 0 saturated carbocycles. The molecule has 5 rings (SSSR count). The molecule has 0 aliphatic carbocycles. The van der Waals surface area contributed by atoms with Gasteiger partial charge < -0.3 is 20.7 Å². The Labute approximate surface area is 189 Å². The fourth-order valence-electron chi connectivity index (χ4n) is 4.65. The van der Waals surface area contributed by atoms with Gasteiger partial charge in [-0.2, -0.15) is 0 Å². The van der Waals surface area contributed by atoms with Crippen molar-refractivity contribution in [2.75, 3.05) is 23.8 Å². The number of rotatable bonds is 6. The fourth-order valence-corrected chi connectivity index (χ4v) is 4.65. The molecular formula is C27H30N4O. The van der Waals surface area contributed by atoms with Crippen molar-refractivity contribution in [3.8, 4) is 5.75 Å². The van der Waals surface area contributed by atoms with Gasteiger partial charge in [0.15, 0.2) is 0 Å². The molecule has 0 atom stereocenters. The molecule has 3 N–H and O–H groups in total. The molecule has 0 amide bonds. The van der Waals surface area contributed by atoms with Crippen LogP contribution in [-0.4, -0.2) is 18.1 Å². The number of nitrogens with zero attached hydrogens (tertiary/aromatic N) is 1. The van der Waals surface area contributed by atoms with Crippen molar-refractivity contribution < 1.29 is 4.74 Å². The van der Waals surface area contributed by atoms with Crippen LogP contribution in [0, 0.1) is 0 Å². The topological polar surface area (TPSA) is 58.2 Å². The van der Waals surface area contributed by atoms with Crippen LogP contribution in [0.3, 0.4) is 0 Å². The van der Waals surface area contributed by atoms with E-state index in [1.165, 1.54) is 22.3 Å².